The molecule has 0 aromatic carbocycles. The molecular weight excluding hydrogens is 214 g/mol. The van der Waals surface area contributed by atoms with Crippen LogP contribution in [0.5, 0.6) is 5.75 Å². The average molecular weight is 233 g/mol. The number of hydrogen-bond donors (Lipinski definition) is 0. The Morgan fingerprint density at radius 1 is 1.35 bits per heavy atom. The van der Waals surface area contributed by atoms with E-state index in [-0.39, 0.29) is 5.92 Å². The molecule has 1 aliphatic carbocycles. The van der Waals surface area contributed by atoms with E-state index < -0.39 is 0 Å². The molecule has 1 aromatic heterocycles. The fraction of sp³-hybridized carbons (Fsp3) is 0.571. The summed E-state index contributed by atoms with van der Waals surface area (Å²) in [6.45, 7) is 2.04. The van der Waals surface area contributed by atoms with E-state index >= 15 is 0 Å². The molecule has 0 amide bonds. The van der Waals surface area contributed by atoms with Crippen LogP contribution in [0.25, 0.3) is 0 Å². The first-order chi connectivity index (χ1) is 8.24. The van der Waals surface area contributed by atoms with E-state index in [9.17, 15) is 4.79 Å². The highest BCUT2D eigenvalue weighted by Gasteiger charge is 2.23. The van der Waals surface area contributed by atoms with Gasteiger partial charge in [-0.1, -0.05) is 0 Å². The molecule has 1 saturated carbocycles. The van der Waals surface area contributed by atoms with E-state index in [2.05, 4.69) is 11.1 Å². The lowest BCUT2D eigenvalue weighted by atomic mass is 9.81. The second-order valence-corrected chi connectivity index (χ2v) is 4.83. The van der Waals surface area contributed by atoms with Crippen molar-refractivity contribution in [1.82, 2.24) is 4.98 Å². The van der Waals surface area contributed by atoms with Gasteiger partial charge < -0.3 is 9.53 Å². The number of aryl methyl sites for hydroxylation is 1. The summed E-state index contributed by atoms with van der Waals surface area (Å²) in [5, 5.41) is 0. The molecule has 0 saturated heterocycles. The van der Waals surface area contributed by atoms with E-state index in [0.717, 1.165) is 49.0 Å². The average Bonchev–Trinajstić information content (AvgIpc) is 2.39. The van der Waals surface area contributed by atoms with Crippen LogP contribution in [-0.4, -0.2) is 18.4 Å². The first-order valence-electron chi connectivity index (χ1n) is 6.20. The summed E-state index contributed by atoms with van der Waals surface area (Å²) in [5.74, 6) is 1.62. The zero-order valence-electron chi connectivity index (χ0n) is 10.5. The molecule has 0 bridgehead atoms. The van der Waals surface area contributed by atoms with Gasteiger partial charge in [0.2, 0.25) is 0 Å². The number of hydrogen-bond acceptors (Lipinski definition) is 3. The molecule has 2 rings (SSSR count). The minimum Gasteiger partial charge on any atom is -0.495 e. The molecule has 0 spiro atoms. The van der Waals surface area contributed by atoms with Gasteiger partial charge in [0.25, 0.3) is 0 Å². The van der Waals surface area contributed by atoms with Crippen molar-refractivity contribution in [3.63, 3.8) is 0 Å². The molecule has 3 heteroatoms. The maximum atomic E-state index is 10.7. The fourth-order valence-electron chi connectivity index (χ4n) is 2.55. The number of aromatic nitrogens is 1. The molecule has 92 valence electrons. The first kappa shape index (κ1) is 12.1. The Morgan fingerprint density at radius 2 is 2.06 bits per heavy atom. The van der Waals surface area contributed by atoms with Crippen molar-refractivity contribution in [2.45, 2.75) is 38.5 Å². The molecule has 3 nitrogen and oxygen atoms in total. The van der Waals surface area contributed by atoms with Crippen LogP contribution in [0.4, 0.5) is 0 Å². The fourth-order valence-corrected chi connectivity index (χ4v) is 2.55. The van der Waals surface area contributed by atoms with Crippen molar-refractivity contribution < 1.29 is 9.53 Å². The van der Waals surface area contributed by atoms with Crippen LogP contribution in [-0.2, 0) is 4.79 Å². The summed E-state index contributed by atoms with van der Waals surface area (Å²) < 4.78 is 5.21. The third kappa shape index (κ3) is 2.65. The van der Waals surface area contributed by atoms with Gasteiger partial charge in [0.15, 0.2) is 0 Å². The number of pyridine rings is 1. The topological polar surface area (TPSA) is 39.2 Å². The van der Waals surface area contributed by atoms with Gasteiger partial charge in [-0.05, 0) is 44.2 Å². The highest BCUT2D eigenvalue weighted by molar-refractivity contribution is 5.53. The Labute approximate surface area is 102 Å². The van der Waals surface area contributed by atoms with Crippen molar-refractivity contribution in [2.24, 2.45) is 5.92 Å². The molecule has 0 N–H and O–H groups in total. The first-order valence-corrected chi connectivity index (χ1v) is 6.20. The molecule has 17 heavy (non-hydrogen) atoms. The molecule has 1 aliphatic rings. The number of carbonyl (C=O) groups is 1. The summed E-state index contributed by atoms with van der Waals surface area (Å²) in [4.78, 5) is 15.2. The smallest absolute Gasteiger partial charge is 0.140 e. The van der Waals surface area contributed by atoms with Crippen LogP contribution in [0.15, 0.2) is 12.3 Å². The lowest BCUT2D eigenvalue weighted by Gasteiger charge is -2.25. The largest absolute Gasteiger partial charge is 0.495 e. The van der Waals surface area contributed by atoms with Crippen LogP contribution in [0.2, 0.25) is 0 Å². The van der Waals surface area contributed by atoms with Gasteiger partial charge in [-0.2, -0.15) is 0 Å². The lowest BCUT2D eigenvalue weighted by molar-refractivity contribution is -0.111. The van der Waals surface area contributed by atoms with E-state index in [1.165, 1.54) is 0 Å². The molecule has 0 atom stereocenters. The van der Waals surface area contributed by atoms with Gasteiger partial charge in [0.1, 0.15) is 12.0 Å². The number of methoxy groups -OCH3 is 1. The molecule has 0 radical (unpaired) electrons. The Kier molecular flexibility index (Phi) is 3.77. The third-order valence-corrected chi connectivity index (χ3v) is 3.69. The molecule has 1 aromatic rings. The molecule has 1 fully saturated rings. The van der Waals surface area contributed by atoms with Crippen molar-refractivity contribution in [3.8, 4) is 5.75 Å². The Hall–Kier alpha value is -1.38. The number of rotatable bonds is 3. The van der Waals surface area contributed by atoms with Crippen LogP contribution < -0.4 is 4.74 Å². The van der Waals surface area contributed by atoms with Gasteiger partial charge in [-0.25, -0.2) is 0 Å². The molecule has 1 heterocycles. The second kappa shape index (κ2) is 5.30. The van der Waals surface area contributed by atoms with Gasteiger partial charge in [-0.3, -0.25) is 4.98 Å². The van der Waals surface area contributed by atoms with E-state index in [4.69, 9.17) is 4.74 Å². The molecule has 0 unspecified atom stereocenters. The Morgan fingerprint density at radius 3 is 2.59 bits per heavy atom. The zero-order chi connectivity index (χ0) is 12.3. The summed E-state index contributed by atoms with van der Waals surface area (Å²) in [7, 11) is 1.67. The molecular formula is C14H19NO2. The van der Waals surface area contributed by atoms with E-state index in [1.54, 1.807) is 13.3 Å². The summed E-state index contributed by atoms with van der Waals surface area (Å²) in [5.41, 5.74) is 2.28. The Bertz CT molecular complexity index is 395. The standard InChI is InChI=1S/C14H19NO2/c1-10-7-13(15-8-14(10)17-2)12-5-3-11(9-16)4-6-12/h7-9,11-12H,3-6H2,1-2H3. The quantitative estimate of drug-likeness (QED) is 0.753. The third-order valence-electron chi connectivity index (χ3n) is 3.69. The van der Waals surface area contributed by atoms with Gasteiger partial charge in [-0.15, -0.1) is 0 Å². The van der Waals surface area contributed by atoms with Crippen LogP contribution in [0.3, 0.4) is 0 Å². The number of carbonyl (C=O) groups excluding carboxylic acids is 1. The van der Waals surface area contributed by atoms with Crippen molar-refractivity contribution in [2.75, 3.05) is 7.11 Å². The van der Waals surface area contributed by atoms with E-state index in [1.807, 2.05) is 6.92 Å². The van der Waals surface area contributed by atoms with Gasteiger partial charge in [0.05, 0.1) is 13.3 Å². The number of nitrogens with zero attached hydrogens (tertiary/aromatic N) is 1. The van der Waals surface area contributed by atoms with Crippen LogP contribution in [0, 0.1) is 12.8 Å². The highest BCUT2D eigenvalue weighted by Crippen LogP contribution is 2.35. The summed E-state index contributed by atoms with van der Waals surface area (Å²) in [6, 6.07) is 2.12. The highest BCUT2D eigenvalue weighted by atomic mass is 16.5. The number of aldehydes is 1. The summed E-state index contributed by atoms with van der Waals surface area (Å²) >= 11 is 0. The van der Waals surface area contributed by atoms with Crippen LogP contribution >= 0.6 is 0 Å². The van der Waals surface area contributed by atoms with Gasteiger partial charge >= 0.3 is 0 Å². The predicted octanol–water partition coefficient (Wildman–Crippen LogP) is 2.87. The molecule has 0 aliphatic heterocycles. The van der Waals surface area contributed by atoms with Crippen LogP contribution in [0.1, 0.15) is 42.9 Å². The second-order valence-electron chi connectivity index (χ2n) is 4.83. The minimum absolute atomic E-state index is 0.269. The number of ether oxygens (including phenoxy) is 1. The van der Waals surface area contributed by atoms with Gasteiger partial charge in [0, 0.05) is 17.5 Å². The minimum atomic E-state index is 0.269. The predicted molar refractivity (Wildman–Crippen MR) is 66.3 cm³/mol. The Balaban J connectivity index is 2.08. The maximum absolute atomic E-state index is 10.7. The summed E-state index contributed by atoms with van der Waals surface area (Å²) in [6.07, 6.45) is 7.05. The van der Waals surface area contributed by atoms with E-state index in [0.29, 0.717) is 5.92 Å². The van der Waals surface area contributed by atoms with Crippen molar-refractivity contribution >= 4 is 6.29 Å². The van der Waals surface area contributed by atoms with Crippen molar-refractivity contribution in [3.05, 3.63) is 23.5 Å². The SMILES string of the molecule is COc1cnc(C2CCC(C=O)CC2)cc1C. The monoisotopic (exact) mass is 233 g/mol. The zero-order valence-corrected chi connectivity index (χ0v) is 10.5. The lowest BCUT2D eigenvalue weighted by Crippen LogP contribution is -2.15. The van der Waals surface area contributed by atoms with Crippen molar-refractivity contribution in [1.29, 1.82) is 0 Å². The maximum Gasteiger partial charge on any atom is 0.140 e. The normalized spacial score (nSPS) is 24.4.